The number of phenols is 1. The summed E-state index contributed by atoms with van der Waals surface area (Å²) in [7, 11) is 0. The molecule has 1 aliphatic rings. The molecule has 7 nitrogen and oxygen atoms in total. The van der Waals surface area contributed by atoms with Gasteiger partial charge in [-0.2, -0.15) is 18.3 Å². The molecule has 3 heterocycles. The van der Waals surface area contributed by atoms with Crippen LogP contribution in [-0.4, -0.2) is 49.3 Å². The Labute approximate surface area is 157 Å². The van der Waals surface area contributed by atoms with Crippen LogP contribution in [0.5, 0.6) is 5.75 Å². The van der Waals surface area contributed by atoms with Gasteiger partial charge >= 0.3 is 6.18 Å². The van der Waals surface area contributed by atoms with E-state index in [4.69, 9.17) is 4.74 Å². The number of aromatic hydroxyl groups is 1. The van der Waals surface area contributed by atoms with Gasteiger partial charge in [-0.15, -0.1) is 0 Å². The molecule has 1 aliphatic heterocycles. The largest absolute Gasteiger partial charge is 0.507 e. The Bertz CT molecular complexity index is 1010. The molecule has 0 aliphatic carbocycles. The van der Waals surface area contributed by atoms with E-state index in [2.05, 4.69) is 15.1 Å². The molecule has 0 radical (unpaired) electrons. The van der Waals surface area contributed by atoms with Crippen molar-refractivity contribution in [3.05, 3.63) is 35.7 Å². The number of ether oxygens (including phenoxy) is 1. The molecule has 4 rings (SSSR count). The number of aromatic nitrogens is 4. The predicted octanol–water partition coefficient (Wildman–Crippen LogP) is 2.85. The van der Waals surface area contributed by atoms with Gasteiger partial charge in [0, 0.05) is 12.2 Å². The Morgan fingerprint density at radius 2 is 2.07 bits per heavy atom. The van der Waals surface area contributed by atoms with Crippen molar-refractivity contribution >= 4 is 11.2 Å². The topological polar surface area (TPSA) is 93.3 Å². The van der Waals surface area contributed by atoms with Crippen molar-refractivity contribution in [1.29, 1.82) is 0 Å². The van der Waals surface area contributed by atoms with Gasteiger partial charge < -0.3 is 14.9 Å². The minimum atomic E-state index is -4.56. The van der Waals surface area contributed by atoms with Crippen LogP contribution in [0.1, 0.15) is 23.6 Å². The van der Waals surface area contributed by atoms with Crippen LogP contribution in [-0.2, 0) is 10.9 Å². The molecular formula is C18H17F3N4O3. The Morgan fingerprint density at radius 1 is 1.29 bits per heavy atom. The third kappa shape index (κ3) is 3.29. The first-order valence-corrected chi connectivity index (χ1v) is 8.63. The Kier molecular flexibility index (Phi) is 4.47. The minimum absolute atomic E-state index is 0.165. The second-order valence-electron chi connectivity index (χ2n) is 6.76. The Balaban J connectivity index is 1.74. The third-order valence-corrected chi connectivity index (χ3v) is 4.77. The van der Waals surface area contributed by atoms with E-state index in [0.717, 1.165) is 6.07 Å². The summed E-state index contributed by atoms with van der Waals surface area (Å²) in [4.78, 5) is 8.59. The highest BCUT2D eigenvalue weighted by molar-refractivity contribution is 5.77. The van der Waals surface area contributed by atoms with E-state index >= 15 is 0 Å². The molecule has 2 atom stereocenters. The molecular weight excluding hydrogens is 377 g/mol. The molecule has 1 fully saturated rings. The summed E-state index contributed by atoms with van der Waals surface area (Å²) in [5, 5.41) is 24.6. The van der Waals surface area contributed by atoms with Crippen LogP contribution >= 0.6 is 0 Å². The first-order chi connectivity index (χ1) is 13.2. The average molecular weight is 394 g/mol. The minimum Gasteiger partial charge on any atom is -0.507 e. The monoisotopic (exact) mass is 394 g/mol. The van der Waals surface area contributed by atoms with Crippen LogP contribution in [0.4, 0.5) is 13.2 Å². The van der Waals surface area contributed by atoms with Gasteiger partial charge in [0.15, 0.2) is 5.65 Å². The number of hydrogen-bond acceptors (Lipinski definition) is 6. The van der Waals surface area contributed by atoms with Gasteiger partial charge in [-0.05, 0) is 31.0 Å². The van der Waals surface area contributed by atoms with Crippen molar-refractivity contribution in [1.82, 2.24) is 19.7 Å². The fraction of sp³-hybridized carbons (Fsp3) is 0.389. The lowest BCUT2D eigenvalue weighted by atomic mass is 10.0. The standard InChI is InChI=1S/C18H17F3N4O3/c1-9-4-10(18(19,20)21)5-15(27)16(9)11-6-22-12-7-25(24-17(12)23-11)13-8-28-3-2-14(13)26/h4-7,13-14,26-27H,2-3,8H2,1H3/t13-,14-/m1/s1. The van der Waals surface area contributed by atoms with Gasteiger partial charge in [0.1, 0.15) is 17.3 Å². The molecule has 0 amide bonds. The number of phenolic OH excluding ortho intramolecular Hbond substituents is 1. The second kappa shape index (κ2) is 6.71. The highest BCUT2D eigenvalue weighted by Gasteiger charge is 2.32. The summed E-state index contributed by atoms with van der Waals surface area (Å²) < 4.78 is 45.7. The highest BCUT2D eigenvalue weighted by atomic mass is 19.4. The van der Waals surface area contributed by atoms with Crippen LogP contribution in [0.25, 0.3) is 22.4 Å². The molecule has 28 heavy (non-hydrogen) atoms. The molecule has 10 heteroatoms. The van der Waals surface area contributed by atoms with Gasteiger partial charge in [0.05, 0.1) is 36.4 Å². The van der Waals surface area contributed by atoms with Crippen LogP contribution < -0.4 is 0 Å². The summed E-state index contributed by atoms with van der Waals surface area (Å²) in [6.45, 7) is 2.25. The normalized spacial score (nSPS) is 20.6. The van der Waals surface area contributed by atoms with E-state index < -0.39 is 23.6 Å². The maximum absolute atomic E-state index is 12.9. The Hall–Kier alpha value is -2.72. The number of nitrogens with zero attached hydrogens (tertiary/aromatic N) is 4. The lowest BCUT2D eigenvalue weighted by Gasteiger charge is -2.27. The van der Waals surface area contributed by atoms with Crippen molar-refractivity contribution < 1.29 is 28.1 Å². The number of benzene rings is 1. The molecule has 0 unspecified atom stereocenters. The lowest BCUT2D eigenvalue weighted by Crippen LogP contribution is -2.34. The average Bonchev–Trinajstić information content (AvgIpc) is 3.04. The zero-order valence-electron chi connectivity index (χ0n) is 14.8. The number of alkyl halides is 3. The first-order valence-electron chi connectivity index (χ1n) is 8.63. The third-order valence-electron chi connectivity index (χ3n) is 4.77. The van der Waals surface area contributed by atoms with Gasteiger partial charge in [-0.25, -0.2) is 9.97 Å². The second-order valence-corrected chi connectivity index (χ2v) is 6.76. The number of aliphatic hydroxyl groups excluding tert-OH is 1. The number of halogens is 3. The lowest BCUT2D eigenvalue weighted by molar-refractivity contribution is -0.137. The van der Waals surface area contributed by atoms with Crippen LogP contribution in [0.15, 0.2) is 24.5 Å². The van der Waals surface area contributed by atoms with E-state index in [-0.39, 0.29) is 28.5 Å². The quantitative estimate of drug-likeness (QED) is 0.694. The van der Waals surface area contributed by atoms with Crippen molar-refractivity contribution in [3.63, 3.8) is 0 Å². The number of hydrogen-bond donors (Lipinski definition) is 2. The van der Waals surface area contributed by atoms with Crippen molar-refractivity contribution in [2.75, 3.05) is 13.2 Å². The summed E-state index contributed by atoms with van der Waals surface area (Å²) in [5.41, 5.74) is 0.381. The fourth-order valence-corrected chi connectivity index (χ4v) is 3.34. The molecule has 2 N–H and O–H groups in total. The van der Waals surface area contributed by atoms with Crippen molar-refractivity contribution in [2.45, 2.75) is 31.7 Å². The van der Waals surface area contributed by atoms with E-state index in [1.807, 2.05) is 0 Å². The van der Waals surface area contributed by atoms with Gasteiger partial charge in [-0.3, -0.25) is 4.68 Å². The summed E-state index contributed by atoms with van der Waals surface area (Å²) in [6.07, 6.45) is -1.67. The smallest absolute Gasteiger partial charge is 0.416 e. The fourth-order valence-electron chi connectivity index (χ4n) is 3.34. The zero-order chi connectivity index (χ0) is 20.1. The Morgan fingerprint density at radius 3 is 2.75 bits per heavy atom. The SMILES string of the molecule is Cc1cc(C(F)(F)F)cc(O)c1-c1cnc2cn([C@@H]3COCC[C@H]3O)nc2n1. The summed E-state index contributed by atoms with van der Waals surface area (Å²) >= 11 is 0. The maximum atomic E-state index is 12.9. The van der Waals surface area contributed by atoms with Gasteiger partial charge in [-0.1, -0.05) is 0 Å². The molecule has 148 valence electrons. The van der Waals surface area contributed by atoms with Crippen LogP contribution in [0.2, 0.25) is 0 Å². The van der Waals surface area contributed by atoms with E-state index in [9.17, 15) is 23.4 Å². The molecule has 0 spiro atoms. The molecule has 0 saturated carbocycles. The number of fused-ring (bicyclic) bond motifs is 1. The maximum Gasteiger partial charge on any atom is 0.416 e. The number of rotatable bonds is 2. The van der Waals surface area contributed by atoms with Crippen molar-refractivity contribution in [2.24, 2.45) is 0 Å². The molecule has 2 aromatic heterocycles. The van der Waals surface area contributed by atoms with E-state index in [1.54, 1.807) is 6.20 Å². The van der Waals surface area contributed by atoms with E-state index in [0.29, 0.717) is 31.2 Å². The van der Waals surface area contributed by atoms with Crippen molar-refractivity contribution in [3.8, 4) is 17.0 Å². The summed E-state index contributed by atoms with van der Waals surface area (Å²) in [5.74, 6) is -0.531. The number of aliphatic hydroxyl groups is 1. The van der Waals surface area contributed by atoms with E-state index in [1.165, 1.54) is 17.8 Å². The molecule has 1 saturated heterocycles. The predicted molar refractivity (Wildman–Crippen MR) is 92.6 cm³/mol. The van der Waals surface area contributed by atoms with Gasteiger partial charge in [0.2, 0.25) is 0 Å². The zero-order valence-corrected chi connectivity index (χ0v) is 14.8. The molecule has 1 aromatic carbocycles. The van der Waals surface area contributed by atoms with Crippen LogP contribution in [0, 0.1) is 6.92 Å². The summed E-state index contributed by atoms with van der Waals surface area (Å²) in [6, 6.07) is 1.26. The van der Waals surface area contributed by atoms with Crippen LogP contribution in [0.3, 0.4) is 0 Å². The first kappa shape index (κ1) is 18.6. The molecule has 0 bridgehead atoms. The highest BCUT2D eigenvalue weighted by Crippen LogP contribution is 2.38. The number of aryl methyl sites for hydroxylation is 1. The molecule has 3 aromatic rings. The van der Waals surface area contributed by atoms with Gasteiger partial charge in [0.25, 0.3) is 0 Å².